The van der Waals surface area contributed by atoms with Crippen LogP contribution in [0.2, 0.25) is 5.02 Å². The molecule has 0 radical (unpaired) electrons. The zero-order chi connectivity index (χ0) is 21.3. The third kappa shape index (κ3) is 3.79. The highest BCUT2D eigenvalue weighted by molar-refractivity contribution is 7.99. The lowest BCUT2D eigenvalue weighted by Crippen LogP contribution is -2.00. The molecule has 2 heterocycles. The first-order valence-electron chi connectivity index (χ1n) is 8.98. The van der Waals surface area contributed by atoms with E-state index >= 15 is 0 Å². The molecule has 2 aromatic heterocycles. The highest BCUT2D eigenvalue weighted by atomic mass is 35.5. The number of rotatable bonds is 6. The van der Waals surface area contributed by atoms with Gasteiger partial charge in [0.25, 0.3) is 0 Å². The fraction of sp³-hybridized carbons (Fsp3) is 0.0952. The van der Waals surface area contributed by atoms with Crippen LogP contribution in [0.1, 0.15) is 5.56 Å². The van der Waals surface area contributed by atoms with Gasteiger partial charge in [0.1, 0.15) is 5.75 Å². The smallest absolute Gasteiger partial charge is 0.172 e. The summed E-state index contributed by atoms with van der Waals surface area (Å²) in [6, 6.07) is 9.30. The molecule has 0 saturated carbocycles. The minimum atomic E-state index is 0.497. The van der Waals surface area contributed by atoms with Crippen molar-refractivity contribution in [3.63, 3.8) is 0 Å². The van der Waals surface area contributed by atoms with Gasteiger partial charge in [-0.25, -0.2) is 4.98 Å². The van der Waals surface area contributed by atoms with Gasteiger partial charge in [0.2, 0.25) is 0 Å². The van der Waals surface area contributed by atoms with E-state index in [1.54, 1.807) is 31.6 Å². The molecular weight excluding hydrogens is 420 g/mol. The normalized spacial score (nSPS) is 10.9. The van der Waals surface area contributed by atoms with Gasteiger partial charge in [-0.3, -0.25) is 4.98 Å². The molecule has 4 N–H and O–H groups in total. The van der Waals surface area contributed by atoms with Crippen molar-refractivity contribution in [1.82, 2.24) is 14.5 Å². The van der Waals surface area contributed by atoms with Gasteiger partial charge in [-0.05, 0) is 24.3 Å². The summed E-state index contributed by atoms with van der Waals surface area (Å²) >= 11 is 8.02. The number of hydrogen-bond donors (Lipinski definition) is 3. The largest absolute Gasteiger partial charge is 0.495 e. The number of halogens is 1. The predicted molar refractivity (Wildman–Crippen MR) is 123 cm³/mol. The van der Waals surface area contributed by atoms with Crippen molar-refractivity contribution in [3.05, 3.63) is 59.5 Å². The van der Waals surface area contributed by atoms with E-state index in [1.807, 2.05) is 36.0 Å². The molecule has 0 atom stereocenters. The molecule has 30 heavy (non-hydrogen) atoms. The number of aryl methyl sites for hydroxylation is 1. The Morgan fingerprint density at radius 1 is 1.27 bits per heavy atom. The average Bonchev–Trinajstić information content (AvgIpc) is 3.14. The van der Waals surface area contributed by atoms with Gasteiger partial charge >= 0.3 is 0 Å². The standard InChI is InChI=1S/C21H19ClN6OS/c1-28-6-5-25-21(28)30-19-4-3-13(7-15(19)22)27-20-12(10-23)11-26-17-9-18(29-2)16(24)8-14(17)20/h3-11,23H,24H2,1-2H3,(H,26,27). The van der Waals surface area contributed by atoms with Crippen LogP contribution in [-0.4, -0.2) is 27.9 Å². The quantitative estimate of drug-likeness (QED) is 0.286. The number of nitrogens with two attached hydrogens (primary N) is 1. The summed E-state index contributed by atoms with van der Waals surface area (Å²) < 4.78 is 7.23. The van der Waals surface area contributed by atoms with Crippen molar-refractivity contribution >= 4 is 57.5 Å². The van der Waals surface area contributed by atoms with Gasteiger partial charge < -0.3 is 25.8 Å². The van der Waals surface area contributed by atoms with Crippen LogP contribution in [0.4, 0.5) is 17.1 Å². The van der Waals surface area contributed by atoms with Gasteiger partial charge in [-0.2, -0.15) is 0 Å². The van der Waals surface area contributed by atoms with Gasteiger partial charge in [0.15, 0.2) is 5.16 Å². The van der Waals surface area contributed by atoms with Gasteiger partial charge in [-0.15, -0.1) is 0 Å². The average molecular weight is 439 g/mol. The maximum absolute atomic E-state index is 7.76. The molecule has 0 unspecified atom stereocenters. The van der Waals surface area contributed by atoms with Crippen LogP contribution in [0.25, 0.3) is 10.9 Å². The zero-order valence-electron chi connectivity index (χ0n) is 16.3. The minimum absolute atomic E-state index is 0.497. The number of nitrogens with zero attached hydrogens (tertiary/aromatic N) is 3. The summed E-state index contributed by atoms with van der Waals surface area (Å²) in [7, 11) is 3.50. The number of methoxy groups -OCH3 is 1. The lowest BCUT2D eigenvalue weighted by atomic mass is 10.1. The number of ether oxygens (including phenoxy) is 1. The molecule has 0 amide bonds. The van der Waals surface area contributed by atoms with Crippen LogP contribution in [0.3, 0.4) is 0 Å². The van der Waals surface area contributed by atoms with Crippen LogP contribution in [-0.2, 0) is 7.05 Å². The van der Waals surface area contributed by atoms with E-state index in [-0.39, 0.29) is 0 Å². The summed E-state index contributed by atoms with van der Waals surface area (Å²) in [5.74, 6) is 0.558. The second-order valence-corrected chi connectivity index (χ2v) is 7.95. The number of fused-ring (bicyclic) bond motifs is 1. The second kappa shape index (κ2) is 8.25. The van der Waals surface area contributed by atoms with Crippen molar-refractivity contribution in [1.29, 1.82) is 5.41 Å². The molecule has 4 rings (SSSR count). The van der Waals surface area contributed by atoms with Crippen molar-refractivity contribution in [2.75, 3.05) is 18.2 Å². The first kappa shape index (κ1) is 20.1. The van der Waals surface area contributed by atoms with Crippen molar-refractivity contribution in [2.24, 2.45) is 7.05 Å². The monoisotopic (exact) mass is 438 g/mol. The topological polar surface area (TPSA) is 102 Å². The summed E-state index contributed by atoms with van der Waals surface area (Å²) in [5.41, 5.74) is 9.46. The third-order valence-electron chi connectivity index (χ3n) is 4.58. The Hall–Kier alpha value is -3.23. The molecule has 9 heteroatoms. The molecule has 0 aliphatic heterocycles. The number of nitrogens with one attached hydrogen (secondary N) is 2. The molecule has 4 aromatic rings. The van der Waals surface area contributed by atoms with Crippen LogP contribution >= 0.6 is 23.4 Å². The number of nitrogen functional groups attached to an aromatic ring is 1. The van der Waals surface area contributed by atoms with E-state index in [9.17, 15) is 0 Å². The molecule has 0 fully saturated rings. The molecule has 0 aliphatic rings. The predicted octanol–water partition coefficient (Wildman–Crippen LogP) is 5.10. The zero-order valence-corrected chi connectivity index (χ0v) is 17.9. The highest BCUT2D eigenvalue weighted by Crippen LogP contribution is 2.37. The van der Waals surface area contributed by atoms with Gasteiger partial charge in [-0.1, -0.05) is 23.4 Å². The molecule has 0 spiro atoms. The SMILES string of the molecule is COc1cc2ncc(C=N)c(Nc3ccc(Sc4nccn4C)c(Cl)c3)c2cc1N. The summed E-state index contributed by atoms with van der Waals surface area (Å²) in [4.78, 5) is 9.64. The Bertz CT molecular complexity index is 1260. The van der Waals surface area contributed by atoms with Crippen molar-refractivity contribution in [3.8, 4) is 5.75 Å². The van der Waals surface area contributed by atoms with E-state index in [4.69, 9.17) is 27.5 Å². The van der Waals surface area contributed by atoms with Crippen molar-refractivity contribution in [2.45, 2.75) is 10.1 Å². The molecule has 7 nitrogen and oxygen atoms in total. The number of benzene rings is 2. The van der Waals surface area contributed by atoms with E-state index in [0.29, 0.717) is 27.5 Å². The first-order valence-corrected chi connectivity index (χ1v) is 10.2. The van der Waals surface area contributed by atoms with E-state index in [0.717, 1.165) is 26.8 Å². The van der Waals surface area contributed by atoms with Gasteiger partial charge in [0, 0.05) is 59.5 Å². The Balaban J connectivity index is 1.71. The number of anilines is 3. The maximum Gasteiger partial charge on any atom is 0.172 e. The fourth-order valence-electron chi connectivity index (χ4n) is 3.03. The summed E-state index contributed by atoms with van der Waals surface area (Å²) in [6.07, 6.45) is 6.53. The minimum Gasteiger partial charge on any atom is -0.495 e. The molecule has 0 saturated heterocycles. The van der Waals surface area contributed by atoms with E-state index in [1.165, 1.54) is 18.0 Å². The lowest BCUT2D eigenvalue weighted by Gasteiger charge is -2.15. The van der Waals surface area contributed by atoms with Crippen LogP contribution in [0.5, 0.6) is 5.75 Å². The Morgan fingerprint density at radius 3 is 2.77 bits per heavy atom. The van der Waals surface area contributed by atoms with E-state index < -0.39 is 0 Å². The number of aromatic nitrogens is 3. The molecule has 152 valence electrons. The molecule has 0 bridgehead atoms. The third-order valence-corrected chi connectivity index (χ3v) is 6.16. The Morgan fingerprint density at radius 2 is 2.10 bits per heavy atom. The van der Waals surface area contributed by atoms with Crippen LogP contribution in [0, 0.1) is 5.41 Å². The lowest BCUT2D eigenvalue weighted by molar-refractivity contribution is 0.417. The van der Waals surface area contributed by atoms with Crippen molar-refractivity contribution < 1.29 is 4.74 Å². The maximum atomic E-state index is 7.76. The van der Waals surface area contributed by atoms with E-state index in [2.05, 4.69) is 15.3 Å². The molecular formula is C21H19ClN6OS. The number of imidazole rings is 1. The molecule has 2 aromatic carbocycles. The second-order valence-electron chi connectivity index (χ2n) is 6.54. The highest BCUT2D eigenvalue weighted by Gasteiger charge is 2.13. The number of hydrogen-bond acceptors (Lipinski definition) is 7. The summed E-state index contributed by atoms with van der Waals surface area (Å²) in [5, 5.41) is 13.4. The van der Waals surface area contributed by atoms with Crippen LogP contribution < -0.4 is 15.8 Å². The first-order chi connectivity index (χ1) is 14.5. The Labute approximate surface area is 182 Å². The number of pyridine rings is 1. The van der Waals surface area contributed by atoms with Gasteiger partial charge in [0.05, 0.1) is 29.0 Å². The Kier molecular flexibility index (Phi) is 5.52. The fourth-order valence-corrected chi connectivity index (χ4v) is 4.14. The molecule has 0 aliphatic carbocycles. The van der Waals surface area contributed by atoms with Crippen LogP contribution in [0.15, 0.2) is 59.0 Å². The summed E-state index contributed by atoms with van der Waals surface area (Å²) in [6.45, 7) is 0.